The highest BCUT2D eigenvalue weighted by atomic mass is 19.4. The summed E-state index contributed by atoms with van der Waals surface area (Å²) < 4.78 is 82.1. The molecule has 13 heteroatoms. The Morgan fingerprint density at radius 1 is 0.645 bits per heavy atom. The summed E-state index contributed by atoms with van der Waals surface area (Å²) in [6, 6.07) is 5.61. The summed E-state index contributed by atoms with van der Waals surface area (Å²) in [7, 11) is 0. The van der Waals surface area contributed by atoms with Crippen LogP contribution in [0.1, 0.15) is 11.4 Å². The highest BCUT2D eigenvalue weighted by molar-refractivity contribution is 5.55. The van der Waals surface area contributed by atoms with Gasteiger partial charge in [-0.25, -0.2) is 9.97 Å². The van der Waals surface area contributed by atoms with Gasteiger partial charge in [-0.05, 0) is 12.1 Å². The summed E-state index contributed by atoms with van der Waals surface area (Å²) in [5.74, 6) is 0.206. The van der Waals surface area contributed by atoms with Crippen LogP contribution in [-0.2, 0) is 12.4 Å². The van der Waals surface area contributed by atoms with Gasteiger partial charge in [0.15, 0.2) is 11.6 Å². The first-order valence-electron chi connectivity index (χ1n) is 8.45. The normalized spacial score (nSPS) is 12.2. The highest BCUT2D eigenvalue weighted by Gasteiger charge is 2.34. The van der Waals surface area contributed by atoms with Gasteiger partial charge >= 0.3 is 12.4 Å². The van der Waals surface area contributed by atoms with Crippen molar-refractivity contribution < 1.29 is 31.1 Å². The van der Waals surface area contributed by atoms with Gasteiger partial charge in [0, 0.05) is 24.5 Å². The summed E-state index contributed by atoms with van der Waals surface area (Å²) in [5, 5.41) is 0. The Kier molecular flexibility index (Phi) is 4.87. The monoisotopic (exact) mass is 440 g/mol. The van der Waals surface area contributed by atoms with Crippen molar-refractivity contribution >= 4 is 0 Å². The molecule has 0 amide bonds. The Morgan fingerprint density at radius 3 is 1.42 bits per heavy atom. The zero-order valence-corrected chi connectivity index (χ0v) is 15.1. The zero-order chi connectivity index (χ0) is 22.2. The quantitative estimate of drug-likeness (QED) is 0.432. The number of rotatable bonds is 4. The minimum Gasteiger partial charge on any atom is -0.457 e. The third-order valence-electron chi connectivity index (χ3n) is 3.95. The highest BCUT2D eigenvalue weighted by Crippen LogP contribution is 2.32. The van der Waals surface area contributed by atoms with E-state index in [2.05, 4.69) is 29.9 Å². The van der Waals surface area contributed by atoms with Crippen LogP contribution in [0, 0.1) is 0 Å². The van der Waals surface area contributed by atoms with Crippen LogP contribution in [0.25, 0.3) is 23.0 Å². The first-order chi connectivity index (χ1) is 14.6. The Balaban J connectivity index is 1.56. The topological polar surface area (TPSA) is 92.4 Å². The van der Waals surface area contributed by atoms with Crippen molar-refractivity contribution in [2.75, 3.05) is 0 Å². The molecule has 0 atom stereocenters. The number of hydrogen-bond acceptors (Lipinski definition) is 5. The minimum absolute atomic E-state index is 0.100. The van der Waals surface area contributed by atoms with Crippen molar-refractivity contribution in [3.05, 3.63) is 60.4 Å². The van der Waals surface area contributed by atoms with E-state index >= 15 is 0 Å². The third-order valence-corrected chi connectivity index (χ3v) is 3.95. The van der Waals surface area contributed by atoms with Gasteiger partial charge in [0.1, 0.15) is 34.3 Å². The number of ether oxygens (including phenoxy) is 1. The summed E-state index contributed by atoms with van der Waals surface area (Å²) in [4.78, 5) is 19.5. The molecule has 0 spiro atoms. The Labute approximate surface area is 169 Å². The van der Waals surface area contributed by atoms with Gasteiger partial charge in [0.2, 0.25) is 0 Å². The van der Waals surface area contributed by atoms with Crippen LogP contribution in [-0.4, -0.2) is 29.9 Å². The Hall–Kier alpha value is -3.90. The second-order valence-electron chi connectivity index (χ2n) is 6.14. The molecule has 2 N–H and O–H groups in total. The maximum Gasteiger partial charge on any atom is 0.432 e. The van der Waals surface area contributed by atoms with Crippen LogP contribution in [0.3, 0.4) is 0 Å². The predicted molar refractivity (Wildman–Crippen MR) is 93.7 cm³/mol. The second-order valence-corrected chi connectivity index (χ2v) is 6.14. The fourth-order valence-electron chi connectivity index (χ4n) is 2.54. The number of halogens is 6. The van der Waals surface area contributed by atoms with Crippen LogP contribution in [0.2, 0.25) is 0 Å². The van der Waals surface area contributed by atoms with E-state index in [-0.39, 0.29) is 34.5 Å². The number of aromatic nitrogens is 6. The molecule has 0 radical (unpaired) electrons. The van der Waals surface area contributed by atoms with Gasteiger partial charge in [0.05, 0.1) is 12.4 Å². The molecule has 0 saturated heterocycles. The van der Waals surface area contributed by atoms with Gasteiger partial charge in [-0.15, -0.1) is 0 Å². The number of imidazole rings is 2. The second kappa shape index (κ2) is 7.41. The van der Waals surface area contributed by atoms with E-state index in [0.29, 0.717) is 12.4 Å². The predicted octanol–water partition coefficient (Wildman–Crippen LogP) is 5.09. The van der Waals surface area contributed by atoms with E-state index in [1.165, 1.54) is 36.7 Å². The summed E-state index contributed by atoms with van der Waals surface area (Å²) in [6.07, 6.45) is -5.23. The molecule has 160 valence electrons. The van der Waals surface area contributed by atoms with Crippen LogP contribution in [0.15, 0.2) is 49.1 Å². The number of aromatic amines is 2. The van der Waals surface area contributed by atoms with E-state index in [0.717, 1.165) is 0 Å². The lowest BCUT2D eigenvalue weighted by Crippen LogP contribution is -2.04. The van der Waals surface area contributed by atoms with Crippen molar-refractivity contribution in [2.24, 2.45) is 0 Å². The fourth-order valence-corrected chi connectivity index (χ4v) is 2.54. The van der Waals surface area contributed by atoms with Crippen LogP contribution < -0.4 is 4.74 Å². The van der Waals surface area contributed by atoms with Gasteiger partial charge in [0.25, 0.3) is 0 Å². The van der Waals surface area contributed by atoms with Crippen molar-refractivity contribution in [3.8, 4) is 34.5 Å². The Morgan fingerprint density at radius 2 is 1.06 bits per heavy atom. The first kappa shape index (κ1) is 20.4. The van der Waals surface area contributed by atoms with Crippen molar-refractivity contribution in [3.63, 3.8) is 0 Å². The van der Waals surface area contributed by atoms with Gasteiger partial charge in [-0.3, -0.25) is 9.97 Å². The number of nitrogens with one attached hydrogen (secondary N) is 2. The smallest absolute Gasteiger partial charge is 0.432 e. The van der Waals surface area contributed by atoms with Crippen LogP contribution in [0.4, 0.5) is 26.3 Å². The van der Waals surface area contributed by atoms with Crippen molar-refractivity contribution in [2.45, 2.75) is 12.4 Å². The molecule has 4 aromatic heterocycles. The molecule has 0 unspecified atom stereocenters. The number of nitrogens with zero attached hydrogens (tertiary/aromatic N) is 4. The fraction of sp³-hybridized carbons (Fsp3) is 0.111. The molecule has 0 aromatic carbocycles. The van der Waals surface area contributed by atoms with E-state index in [4.69, 9.17) is 4.74 Å². The molecule has 0 aliphatic heterocycles. The minimum atomic E-state index is -4.58. The average Bonchev–Trinajstić information content (AvgIpc) is 3.38. The third kappa shape index (κ3) is 4.49. The number of alkyl halides is 6. The molecule has 0 saturated carbocycles. The number of hydrogen-bond donors (Lipinski definition) is 2. The van der Waals surface area contributed by atoms with Crippen molar-refractivity contribution in [1.82, 2.24) is 29.9 Å². The maximum absolute atomic E-state index is 12.7. The molecule has 4 aromatic rings. The molecule has 7 nitrogen and oxygen atoms in total. The van der Waals surface area contributed by atoms with E-state index in [1.807, 2.05) is 0 Å². The van der Waals surface area contributed by atoms with E-state index < -0.39 is 23.7 Å². The average molecular weight is 440 g/mol. The van der Waals surface area contributed by atoms with E-state index in [1.54, 1.807) is 0 Å². The van der Waals surface area contributed by atoms with Crippen molar-refractivity contribution in [1.29, 1.82) is 0 Å². The van der Waals surface area contributed by atoms with Crippen LogP contribution >= 0.6 is 0 Å². The molecule has 0 aliphatic carbocycles. The van der Waals surface area contributed by atoms with Gasteiger partial charge < -0.3 is 14.7 Å². The number of pyridine rings is 2. The van der Waals surface area contributed by atoms with Crippen LogP contribution in [0.5, 0.6) is 11.5 Å². The molecule has 4 heterocycles. The molecular formula is C18H10F6N6O. The molecule has 0 fully saturated rings. The standard InChI is InChI=1S/C18H10F6N6O/c19-17(20,21)13-7-27-15(29-13)11-5-9(1-3-25-11)31-10-2-4-26-12(6-10)16-28-8-14(30-16)18(22,23)24/h1-8H,(H,27,29)(H,28,30). The number of H-pyrrole nitrogens is 2. The summed E-state index contributed by atoms with van der Waals surface area (Å²) in [6.45, 7) is 0. The molecule has 4 rings (SSSR count). The largest absolute Gasteiger partial charge is 0.457 e. The lowest BCUT2D eigenvalue weighted by Gasteiger charge is -2.07. The first-order valence-corrected chi connectivity index (χ1v) is 8.45. The Bertz CT molecular complexity index is 1120. The molecule has 0 bridgehead atoms. The SMILES string of the molecule is FC(F)(F)c1cnc(-c2cc(Oc3ccnc(-c4ncc(C(F)(F)F)[nH]4)c3)ccn2)[nH]1. The maximum atomic E-state index is 12.7. The molecule has 0 aliphatic rings. The lowest BCUT2D eigenvalue weighted by atomic mass is 10.3. The zero-order valence-electron chi connectivity index (χ0n) is 15.1. The summed E-state index contributed by atoms with van der Waals surface area (Å²) in [5.41, 5.74) is -1.84. The summed E-state index contributed by atoms with van der Waals surface area (Å²) >= 11 is 0. The molecular weight excluding hydrogens is 430 g/mol. The van der Waals surface area contributed by atoms with E-state index in [9.17, 15) is 26.3 Å². The lowest BCUT2D eigenvalue weighted by molar-refractivity contribution is -0.141. The molecule has 31 heavy (non-hydrogen) atoms. The van der Waals surface area contributed by atoms with Gasteiger partial charge in [-0.1, -0.05) is 0 Å². The van der Waals surface area contributed by atoms with Gasteiger partial charge in [-0.2, -0.15) is 26.3 Å².